The summed E-state index contributed by atoms with van der Waals surface area (Å²) in [5.41, 5.74) is 2.73. The highest BCUT2D eigenvalue weighted by molar-refractivity contribution is 9.10. The Morgan fingerprint density at radius 3 is 3.25 bits per heavy atom. The summed E-state index contributed by atoms with van der Waals surface area (Å²) >= 11 is 3.65. The summed E-state index contributed by atoms with van der Waals surface area (Å²) in [6, 6.07) is 5.18. The van der Waals surface area contributed by atoms with Crippen LogP contribution in [0.5, 0.6) is 5.75 Å². The van der Waals surface area contributed by atoms with Crippen LogP contribution >= 0.6 is 15.9 Å². The standard InChI is InChI=1S/C16H21BrN2O/c17-14-6-11-3-5-20-16(11)13(7-14)10-19-4-1-2-12-8-18-9-15(12)19/h6-7,12,15,18H,1-5,8-10H2. The van der Waals surface area contributed by atoms with Crippen molar-refractivity contribution < 1.29 is 4.74 Å². The first-order valence-electron chi connectivity index (χ1n) is 7.70. The minimum atomic E-state index is 0.722. The van der Waals surface area contributed by atoms with Gasteiger partial charge in [0.1, 0.15) is 5.75 Å². The molecule has 3 aliphatic heterocycles. The van der Waals surface area contributed by atoms with Gasteiger partial charge in [0.05, 0.1) is 6.61 Å². The maximum Gasteiger partial charge on any atom is 0.127 e. The van der Waals surface area contributed by atoms with Gasteiger partial charge in [-0.2, -0.15) is 0 Å². The van der Waals surface area contributed by atoms with Gasteiger partial charge < -0.3 is 10.1 Å². The third kappa shape index (κ3) is 2.28. The molecule has 1 N–H and O–H groups in total. The lowest BCUT2D eigenvalue weighted by Gasteiger charge is -2.37. The normalized spacial score (nSPS) is 29.1. The van der Waals surface area contributed by atoms with Crippen molar-refractivity contribution in [3.05, 3.63) is 27.7 Å². The minimum absolute atomic E-state index is 0.722. The van der Waals surface area contributed by atoms with Crippen LogP contribution in [0.2, 0.25) is 0 Å². The highest BCUT2D eigenvalue weighted by Crippen LogP contribution is 2.35. The molecule has 4 rings (SSSR count). The Morgan fingerprint density at radius 1 is 1.35 bits per heavy atom. The number of ether oxygens (including phenoxy) is 1. The average molecular weight is 337 g/mol. The predicted molar refractivity (Wildman–Crippen MR) is 83.1 cm³/mol. The number of piperidine rings is 1. The molecule has 0 amide bonds. The Kier molecular flexibility index (Phi) is 3.49. The Bertz CT molecular complexity index is 519. The van der Waals surface area contributed by atoms with Gasteiger partial charge in [-0.15, -0.1) is 0 Å². The average Bonchev–Trinajstić information content (AvgIpc) is 3.06. The van der Waals surface area contributed by atoms with Gasteiger partial charge in [-0.3, -0.25) is 4.90 Å². The molecule has 2 unspecified atom stereocenters. The molecule has 1 aromatic rings. The molecule has 3 nitrogen and oxygen atoms in total. The number of hydrogen-bond donors (Lipinski definition) is 1. The molecule has 108 valence electrons. The monoisotopic (exact) mass is 336 g/mol. The summed E-state index contributed by atoms with van der Waals surface area (Å²) in [4.78, 5) is 2.66. The fourth-order valence-corrected chi connectivity index (χ4v) is 4.59. The lowest BCUT2D eigenvalue weighted by Crippen LogP contribution is -2.44. The number of benzene rings is 1. The lowest BCUT2D eigenvalue weighted by molar-refractivity contribution is 0.116. The van der Waals surface area contributed by atoms with Gasteiger partial charge >= 0.3 is 0 Å². The molecule has 3 aliphatic rings. The van der Waals surface area contributed by atoms with E-state index in [1.165, 1.54) is 41.5 Å². The van der Waals surface area contributed by atoms with E-state index in [9.17, 15) is 0 Å². The second-order valence-electron chi connectivity index (χ2n) is 6.25. The molecule has 0 bridgehead atoms. The van der Waals surface area contributed by atoms with E-state index >= 15 is 0 Å². The molecule has 2 saturated heterocycles. The molecular weight excluding hydrogens is 316 g/mol. The molecule has 0 spiro atoms. The number of fused-ring (bicyclic) bond motifs is 2. The van der Waals surface area contributed by atoms with Crippen LogP contribution in [0.3, 0.4) is 0 Å². The molecular formula is C16H21BrN2O. The maximum atomic E-state index is 5.87. The van der Waals surface area contributed by atoms with E-state index in [1.54, 1.807) is 0 Å². The van der Waals surface area contributed by atoms with Gasteiger partial charge in [-0.05, 0) is 49.5 Å². The van der Waals surface area contributed by atoms with Gasteiger partial charge in [-0.1, -0.05) is 15.9 Å². The van der Waals surface area contributed by atoms with E-state index in [0.717, 1.165) is 43.8 Å². The molecule has 3 heterocycles. The molecule has 0 aliphatic carbocycles. The molecule has 0 aromatic heterocycles. The van der Waals surface area contributed by atoms with E-state index in [2.05, 4.69) is 38.3 Å². The summed E-state index contributed by atoms with van der Waals surface area (Å²) in [7, 11) is 0. The lowest BCUT2D eigenvalue weighted by atomic mass is 9.91. The van der Waals surface area contributed by atoms with Gasteiger partial charge in [0.25, 0.3) is 0 Å². The quantitative estimate of drug-likeness (QED) is 0.898. The van der Waals surface area contributed by atoms with E-state index in [0.29, 0.717) is 0 Å². The Labute approximate surface area is 128 Å². The smallest absolute Gasteiger partial charge is 0.127 e. The van der Waals surface area contributed by atoms with Gasteiger partial charge in [0.15, 0.2) is 0 Å². The Balaban J connectivity index is 1.59. The van der Waals surface area contributed by atoms with Crippen molar-refractivity contribution >= 4 is 15.9 Å². The summed E-state index contributed by atoms with van der Waals surface area (Å²) in [6.07, 6.45) is 3.77. The first-order valence-corrected chi connectivity index (χ1v) is 8.49. The van der Waals surface area contributed by atoms with Crippen LogP contribution in [0.1, 0.15) is 24.0 Å². The van der Waals surface area contributed by atoms with Crippen molar-refractivity contribution in [2.75, 3.05) is 26.2 Å². The summed E-state index contributed by atoms with van der Waals surface area (Å²) < 4.78 is 7.06. The fraction of sp³-hybridized carbons (Fsp3) is 0.625. The van der Waals surface area contributed by atoms with Crippen LogP contribution in [-0.2, 0) is 13.0 Å². The Hall–Kier alpha value is -0.580. The third-order valence-corrected chi connectivity index (χ3v) is 5.45. The first-order chi connectivity index (χ1) is 9.81. The third-order valence-electron chi connectivity index (χ3n) is 4.99. The number of likely N-dealkylation sites (tertiary alicyclic amines) is 1. The SMILES string of the molecule is Brc1cc2c(c(CN3CCCC4CNCC43)c1)OCC2. The maximum absolute atomic E-state index is 5.87. The van der Waals surface area contributed by atoms with E-state index in [4.69, 9.17) is 4.74 Å². The van der Waals surface area contributed by atoms with Gasteiger partial charge in [0, 0.05) is 35.6 Å². The van der Waals surface area contributed by atoms with Crippen LogP contribution in [0, 0.1) is 5.92 Å². The van der Waals surface area contributed by atoms with E-state index in [-0.39, 0.29) is 0 Å². The van der Waals surface area contributed by atoms with Crippen LogP contribution in [0.25, 0.3) is 0 Å². The van der Waals surface area contributed by atoms with E-state index in [1.807, 2.05) is 0 Å². The minimum Gasteiger partial charge on any atom is -0.493 e. The van der Waals surface area contributed by atoms with Crippen molar-refractivity contribution in [3.8, 4) is 5.75 Å². The van der Waals surface area contributed by atoms with Crippen LogP contribution in [0.4, 0.5) is 0 Å². The zero-order chi connectivity index (χ0) is 13.5. The highest BCUT2D eigenvalue weighted by atomic mass is 79.9. The van der Waals surface area contributed by atoms with Crippen molar-refractivity contribution in [2.24, 2.45) is 5.92 Å². The zero-order valence-electron chi connectivity index (χ0n) is 11.7. The van der Waals surface area contributed by atoms with Crippen molar-refractivity contribution in [3.63, 3.8) is 0 Å². The van der Waals surface area contributed by atoms with Crippen molar-refractivity contribution in [2.45, 2.75) is 31.8 Å². The first kappa shape index (κ1) is 13.1. The molecule has 4 heteroatoms. The molecule has 2 atom stereocenters. The predicted octanol–water partition coefficient (Wildman–Crippen LogP) is 2.57. The second kappa shape index (κ2) is 5.32. The molecule has 20 heavy (non-hydrogen) atoms. The van der Waals surface area contributed by atoms with Gasteiger partial charge in [0.2, 0.25) is 0 Å². The zero-order valence-corrected chi connectivity index (χ0v) is 13.3. The molecule has 0 saturated carbocycles. The number of halogens is 1. The number of hydrogen-bond acceptors (Lipinski definition) is 3. The van der Waals surface area contributed by atoms with Crippen LogP contribution in [0.15, 0.2) is 16.6 Å². The molecule has 1 aromatic carbocycles. The van der Waals surface area contributed by atoms with Crippen molar-refractivity contribution in [1.29, 1.82) is 0 Å². The topological polar surface area (TPSA) is 24.5 Å². The van der Waals surface area contributed by atoms with Crippen molar-refractivity contribution in [1.82, 2.24) is 10.2 Å². The number of rotatable bonds is 2. The van der Waals surface area contributed by atoms with E-state index < -0.39 is 0 Å². The Morgan fingerprint density at radius 2 is 2.30 bits per heavy atom. The number of nitrogens with zero attached hydrogens (tertiary/aromatic N) is 1. The van der Waals surface area contributed by atoms with Crippen LogP contribution in [-0.4, -0.2) is 37.2 Å². The largest absolute Gasteiger partial charge is 0.493 e. The molecule has 0 radical (unpaired) electrons. The second-order valence-corrected chi connectivity index (χ2v) is 7.17. The van der Waals surface area contributed by atoms with Crippen LogP contribution < -0.4 is 10.1 Å². The molecule has 2 fully saturated rings. The van der Waals surface area contributed by atoms with Gasteiger partial charge in [-0.25, -0.2) is 0 Å². The summed E-state index contributed by atoms with van der Waals surface area (Å²) in [5, 5.41) is 3.56. The summed E-state index contributed by atoms with van der Waals surface area (Å²) in [5.74, 6) is 2.01. The fourth-order valence-electron chi connectivity index (χ4n) is 4.04. The number of nitrogens with one attached hydrogen (secondary N) is 1. The summed E-state index contributed by atoms with van der Waals surface area (Å²) in [6.45, 7) is 5.46. The highest BCUT2D eigenvalue weighted by Gasteiger charge is 2.35.